The molecule has 0 N–H and O–H groups in total. The summed E-state index contributed by atoms with van der Waals surface area (Å²) in [5.74, 6) is 0.373. The van der Waals surface area contributed by atoms with Gasteiger partial charge in [-0.25, -0.2) is 0 Å². The van der Waals surface area contributed by atoms with Gasteiger partial charge in [-0.2, -0.15) is 0 Å². The van der Waals surface area contributed by atoms with Crippen LogP contribution in [0.2, 0.25) is 13.1 Å². The van der Waals surface area contributed by atoms with Crippen molar-refractivity contribution < 1.29 is 0 Å². The summed E-state index contributed by atoms with van der Waals surface area (Å²) in [5.41, 5.74) is 14.8. The van der Waals surface area contributed by atoms with Crippen LogP contribution in [-0.2, 0) is 6.42 Å². The first-order valence-electron chi connectivity index (χ1n) is 12.6. The number of rotatable bonds is 5. The molecule has 4 aromatic carbocycles. The second-order valence-corrected chi connectivity index (χ2v) is 12.5. The van der Waals surface area contributed by atoms with Gasteiger partial charge in [0.2, 0.25) is 0 Å². The summed E-state index contributed by atoms with van der Waals surface area (Å²) < 4.78 is 0. The van der Waals surface area contributed by atoms with Crippen molar-refractivity contribution in [3.05, 3.63) is 118 Å². The Balaban J connectivity index is 1.60. The lowest BCUT2D eigenvalue weighted by atomic mass is 9.82. The number of hydrogen-bond acceptors (Lipinski definition) is 0. The average Bonchev–Trinajstić information content (AvgIpc) is 3.42. The van der Waals surface area contributed by atoms with Gasteiger partial charge < -0.3 is 0 Å². The topological polar surface area (TPSA) is 0 Å². The zero-order valence-electron chi connectivity index (χ0n) is 20.4. The molecule has 0 spiro atoms. The molecule has 34 heavy (non-hydrogen) atoms. The summed E-state index contributed by atoms with van der Waals surface area (Å²) >= 11 is 0. The van der Waals surface area contributed by atoms with Crippen molar-refractivity contribution in [2.75, 3.05) is 0 Å². The second kappa shape index (κ2) is 8.56. The van der Waals surface area contributed by atoms with E-state index >= 15 is 0 Å². The Bertz CT molecular complexity index is 1410. The van der Waals surface area contributed by atoms with E-state index in [1.165, 1.54) is 45.4 Å². The minimum atomic E-state index is -0.614. The van der Waals surface area contributed by atoms with Crippen LogP contribution in [0.15, 0.2) is 90.5 Å². The molecule has 0 saturated carbocycles. The summed E-state index contributed by atoms with van der Waals surface area (Å²) in [5, 5.41) is 1.61. The van der Waals surface area contributed by atoms with Crippen LogP contribution in [0.3, 0.4) is 0 Å². The fourth-order valence-electron chi connectivity index (χ4n) is 6.18. The fourth-order valence-corrected chi connectivity index (χ4v) is 7.43. The van der Waals surface area contributed by atoms with Gasteiger partial charge in [0, 0.05) is 5.92 Å². The van der Waals surface area contributed by atoms with Gasteiger partial charge in [-0.1, -0.05) is 128 Å². The molecule has 0 aliphatic heterocycles. The number of fused-ring (bicyclic) bond motifs is 4. The minimum absolute atomic E-state index is 0.373. The highest BCUT2D eigenvalue weighted by molar-refractivity contribution is 6.71. The van der Waals surface area contributed by atoms with Crippen molar-refractivity contribution in [1.82, 2.24) is 0 Å². The number of hydrogen-bond donors (Lipinski definition) is 0. The third kappa shape index (κ3) is 3.34. The van der Waals surface area contributed by atoms with Crippen LogP contribution >= 0.6 is 0 Å². The van der Waals surface area contributed by atoms with Crippen LogP contribution in [0.4, 0.5) is 0 Å². The predicted molar refractivity (Wildman–Crippen MR) is 148 cm³/mol. The van der Waals surface area contributed by atoms with E-state index in [-0.39, 0.29) is 0 Å². The molecular weight excluding hydrogens is 424 g/mol. The zero-order valence-corrected chi connectivity index (χ0v) is 21.4. The SMILES string of the molecule is CCCC1=Cc2c(-c3ccccc3)cccc2C1c1c([Si](C)C)ccc2c1Cc1ccccc1-2. The average molecular weight is 456 g/mol. The van der Waals surface area contributed by atoms with E-state index in [9.17, 15) is 0 Å². The Kier molecular flexibility index (Phi) is 5.38. The molecule has 0 bridgehead atoms. The number of benzene rings is 4. The Hall–Kier alpha value is -3.16. The normalized spacial score (nSPS) is 15.8. The molecule has 2 aliphatic carbocycles. The standard InChI is InChI=1S/C33H31Si/c1-4-11-24-21-29-25(22-12-6-5-7-13-22)16-10-17-28(29)32(24)33-30-20-23-14-8-9-15-26(23)27(30)18-19-31(33)34(2)3/h5-10,12-19,21,32H,4,11,20H2,1-3H3. The third-order valence-corrected chi connectivity index (χ3v) is 9.15. The van der Waals surface area contributed by atoms with Gasteiger partial charge in [-0.05, 0) is 62.9 Å². The lowest BCUT2D eigenvalue weighted by Gasteiger charge is -2.26. The van der Waals surface area contributed by atoms with Crippen molar-refractivity contribution in [2.24, 2.45) is 0 Å². The van der Waals surface area contributed by atoms with E-state index in [4.69, 9.17) is 0 Å². The minimum Gasteiger partial charge on any atom is -0.0671 e. The lowest BCUT2D eigenvalue weighted by Crippen LogP contribution is -2.30. The molecule has 167 valence electrons. The van der Waals surface area contributed by atoms with Crippen molar-refractivity contribution in [3.8, 4) is 22.3 Å². The summed E-state index contributed by atoms with van der Waals surface area (Å²) in [6, 6.07) is 31.8. The van der Waals surface area contributed by atoms with Gasteiger partial charge in [0.1, 0.15) is 0 Å². The van der Waals surface area contributed by atoms with E-state index in [2.05, 4.69) is 111 Å². The molecule has 0 fully saturated rings. The number of allylic oxidation sites excluding steroid dienone is 1. The zero-order chi connectivity index (χ0) is 23.2. The molecule has 2 aliphatic rings. The molecule has 1 radical (unpaired) electrons. The maximum absolute atomic E-state index is 2.54. The molecule has 0 nitrogen and oxygen atoms in total. The van der Waals surface area contributed by atoms with E-state index < -0.39 is 8.80 Å². The maximum atomic E-state index is 2.54. The highest BCUT2D eigenvalue weighted by atomic mass is 28.3. The summed E-state index contributed by atoms with van der Waals surface area (Å²) in [4.78, 5) is 0. The van der Waals surface area contributed by atoms with Gasteiger partial charge >= 0.3 is 0 Å². The lowest BCUT2D eigenvalue weighted by molar-refractivity contribution is 0.827. The molecule has 1 heteroatoms. The van der Waals surface area contributed by atoms with Crippen LogP contribution in [0, 0.1) is 0 Å². The first-order valence-corrected chi connectivity index (χ1v) is 15.1. The van der Waals surface area contributed by atoms with Crippen molar-refractivity contribution >= 4 is 20.1 Å². The highest BCUT2D eigenvalue weighted by Crippen LogP contribution is 2.49. The Labute approximate surface area is 205 Å². The summed E-state index contributed by atoms with van der Waals surface area (Å²) in [6.45, 7) is 7.23. The smallest absolute Gasteiger partial charge is 0.0671 e. The molecular formula is C33H31Si. The summed E-state index contributed by atoms with van der Waals surface area (Å²) in [7, 11) is -0.614. The Morgan fingerprint density at radius 2 is 1.53 bits per heavy atom. The summed E-state index contributed by atoms with van der Waals surface area (Å²) in [6.07, 6.45) is 5.93. The molecule has 0 heterocycles. The van der Waals surface area contributed by atoms with Crippen molar-refractivity contribution in [2.45, 2.75) is 45.2 Å². The molecule has 6 rings (SSSR count). The van der Waals surface area contributed by atoms with Crippen LogP contribution in [0.5, 0.6) is 0 Å². The first kappa shape index (κ1) is 21.4. The van der Waals surface area contributed by atoms with Crippen LogP contribution in [0.1, 0.15) is 53.5 Å². The monoisotopic (exact) mass is 455 g/mol. The highest BCUT2D eigenvalue weighted by Gasteiger charge is 2.34. The molecule has 1 unspecified atom stereocenters. The third-order valence-electron chi connectivity index (χ3n) is 7.63. The molecule has 4 aromatic rings. The van der Waals surface area contributed by atoms with Crippen molar-refractivity contribution in [1.29, 1.82) is 0 Å². The van der Waals surface area contributed by atoms with Gasteiger partial charge in [-0.15, -0.1) is 0 Å². The Morgan fingerprint density at radius 1 is 0.765 bits per heavy atom. The predicted octanol–water partition coefficient (Wildman–Crippen LogP) is 8.22. The van der Waals surface area contributed by atoms with E-state index in [1.54, 1.807) is 21.9 Å². The molecule has 1 atom stereocenters. The van der Waals surface area contributed by atoms with Crippen LogP contribution < -0.4 is 5.19 Å². The fraction of sp³-hybridized carbons (Fsp3) is 0.212. The van der Waals surface area contributed by atoms with E-state index in [0.717, 1.165) is 12.8 Å². The van der Waals surface area contributed by atoms with Crippen LogP contribution in [-0.4, -0.2) is 8.80 Å². The van der Waals surface area contributed by atoms with Gasteiger partial charge in [0.15, 0.2) is 0 Å². The molecule has 0 saturated heterocycles. The largest absolute Gasteiger partial charge is 0.0795 e. The first-order chi connectivity index (χ1) is 16.7. The van der Waals surface area contributed by atoms with Gasteiger partial charge in [0.05, 0.1) is 8.80 Å². The van der Waals surface area contributed by atoms with Gasteiger partial charge in [-0.3, -0.25) is 0 Å². The van der Waals surface area contributed by atoms with Gasteiger partial charge in [0.25, 0.3) is 0 Å². The molecule has 0 aromatic heterocycles. The van der Waals surface area contributed by atoms with E-state index in [0.29, 0.717) is 5.92 Å². The maximum Gasteiger partial charge on any atom is 0.0795 e. The van der Waals surface area contributed by atoms with E-state index in [1.807, 2.05) is 0 Å². The van der Waals surface area contributed by atoms with Crippen molar-refractivity contribution in [3.63, 3.8) is 0 Å². The second-order valence-electron chi connectivity index (χ2n) is 9.96. The van der Waals surface area contributed by atoms with Crippen LogP contribution in [0.25, 0.3) is 28.3 Å². The molecule has 0 amide bonds. The quantitative estimate of drug-likeness (QED) is 0.234. The Morgan fingerprint density at radius 3 is 2.32 bits per heavy atom.